The molecule has 1 N–H and O–H groups in total. The number of halogens is 2. The summed E-state index contributed by atoms with van der Waals surface area (Å²) in [5, 5.41) is -0.0640. The van der Waals surface area contributed by atoms with Crippen LogP contribution < -0.4 is 4.72 Å². The molecule has 20 heavy (non-hydrogen) atoms. The van der Waals surface area contributed by atoms with E-state index in [1.54, 1.807) is 12.1 Å². The van der Waals surface area contributed by atoms with E-state index in [1.807, 2.05) is 19.1 Å². The zero-order valence-electron chi connectivity index (χ0n) is 10.6. The Morgan fingerprint density at radius 1 is 1.30 bits per heavy atom. The van der Waals surface area contributed by atoms with E-state index in [2.05, 4.69) is 25.6 Å². The van der Waals surface area contributed by atoms with E-state index < -0.39 is 10.0 Å². The normalized spacial score (nSPS) is 11.3. The van der Waals surface area contributed by atoms with Crippen molar-refractivity contribution in [2.24, 2.45) is 0 Å². The third kappa shape index (κ3) is 3.50. The van der Waals surface area contributed by atoms with Gasteiger partial charge in [-0.3, -0.25) is 4.72 Å². The number of nitrogens with zero attached hydrogens (tertiary/aromatic N) is 1. The molecule has 2 rings (SSSR count). The van der Waals surface area contributed by atoms with Crippen LogP contribution in [0.3, 0.4) is 0 Å². The molecule has 0 amide bonds. The lowest BCUT2D eigenvalue weighted by atomic mass is 10.2. The second-order valence-electron chi connectivity index (χ2n) is 4.10. The third-order valence-corrected chi connectivity index (χ3v) is 4.92. The minimum absolute atomic E-state index is 0.0619. The van der Waals surface area contributed by atoms with Crippen LogP contribution in [0.4, 0.5) is 5.69 Å². The van der Waals surface area contributed by atoms with Crippen molar-refractivity contribution in [2.75, 3.05) is 4.72 Å². The van der Waals surface area contributed by atoms with Gasteiger partial charge in [0.25, 0.3) is 10.0 Å². The molecule has 0 bridgehead atoms. The van der Waals surface area contributed by atoms with Gasteiger partial charge >= 0.3 is 0 Å². The van der Waals surface area contributed by atoms with Crippen LogP contribution in [-0.4, -0.2) is 13.4 Å². The van der Waals surface area contributed by atoms with Crippen LogP contribution in [-0.2, 0) is 16.4 Å². The monoisotopic (exact) mass is 374 g/mol. The van der Waals surface area contributed by atoms with Gasteiger partial charge in [-0.2, -0.15) is 0 Å². The van der Waals surface area contributed by atoms with E-state index in [0.29, 0.717) is 10.2 Å². The van der Waals surface area contributed by atoms with Gasteiger partial charge in [-0.15, -0.1) is 0 Å². The summed E-state index contributed by atoms with van der Waals surface area (Å²) >= 11 is 9.02. The van der Waals surface area contributed by atoms with Crippen molar-refractivity contribution in [2.45, 2.75) is 18.2 Å². The Hall–Kier alpha value is -1.11. The second kappa shape index (κ2) is 6.11. The molecule has 1 aromatic heterocycles. The number of hydrogen-bond donors (Lipinski definition) is 1. The van der Waals surface area contributed by atoms with E-state index in [-0.39, 0.29) is 10.0 Å². The summed E-state index contributed by atoms with van der Waals surface area (Å²) in [7, 11) is -3.76. The Balaban J connectivity index is 2.32. The molecule has 1 heterocycles. The number of nitrogens with one attached hydrogen (secondary N) is 1. The first-order valence-electron chi connectivity index (χ1n) is 5.85. The molecule has 0 saturated carbocycles. The first kappa shape index (κ1) is 15.3. The summed E-state index contributed by atoms with van der Waals surface area (Å²) in [5.74, 6) is 0. The molecule has 2 aromatic rings. The summed E-state index contributed by atoms with van der Waals surface area (Å²) in [6.07, 6.45) is 2.34. The van der Waals surface area contributed by atoms with Crippen LogP contribution in [0.25, 0.3) is 0 Å². The number of aromatic nitrogens is 1. The highest BCUT2D eigenvalue weighted by molar-refractivity contribution is 9.10. The Morgan fingerprint density at radius 2 is 1.95 bits per heavy atom. The maximum absolute atomic E-state index is 12.3. The maximum Gasteiger partial charge on any atom is 0.265 e. The van der Waals surface area contributed by atoms with Crippen molar-refractivity contribution in [1.82, 2.24) is 4.98 Å². The number of benzene rings is 1. The van der Waals surface area contributed by atoms with Crippen LogP contribution in [0.15, 0.2) is 45.9 Å². The molecule has 0 aliphatic carbocycles. The predicted octanol–water partition coefficient (Wildman–Crippen LogP) is 3.86. The fourth-order valence-electron chi connectivity index (χ4n) is 1.61. The average Bonchev–Trinajstić information content (AvgIpc) is 2.42. The van der Waals surface area contributed by atoms with Crippen molar-refractivity contribution in [3.8, 4) is 0 Å². The van der Waals surface area contributed by atoms with Gasteiger partial charge in [-0.25, -0.2) is 13.4 Å². The van der Waals surface area contributed by atoms with Gasteiger partial charge in [0.15, 0.2) is 0 Å². The van der Waals surface area contributed by atoms with Crippen LogP contribution in [0.5, 0.6) is 0 Å². The predicted molar refractivity (Wildman–Crippen MR) is 83.6 cm³/mol. The van der Waals surface area contributed by atoms with E-state index in [9.17, 15) is 8.42 Å². The topological polar surface area (TPSA) is 59.1 Å². The molecule has 0 aliphatic rings. The Bertz CT molecular complexity index is 718. The zero-order chi connectivity index (χ0) is 14.8. The minimum atomic E-state index is -3.76. The van der Waals surface area contributed by atoms with E-state index in [1.165, 1.54) is 12.3 Å². The van der Waals surface area contributed by atoms with Crippen molar-refractivity contribution in [3.63, 3.8) is 0 Å². The highest BCUT2D eigenvalue weighted by Gasteiger charge is 2.19. The highest BCUT2D eigenvalue weighted by Crippen LogP contribution is 2.25. The van der Waals surface area contributed by atoms with Crippen molar-refractivity contribution in [1.29, 1.82) is 0 Å². The lowest BCUT2D eigenvalue weighted by Crippen LogP contribution is -2.14. The smallest absolute Gasteiger partial charge is 0.265 e. The van der Waals surface area contributed by atoms with Crippen LogP contribution in [0.2, 0.25) is 5.15 Å². The summed E-state index contributed by atoms with van der Waals surface area (Å²) in [4.78, 5) is 3.75. The third-order valence-electron chi connectivity index (χ3n) is 2.68. The average molecular weight is 376 g/mol. The molecule has 0 radical (unpaired) electrons. The number of rotatable bonds is 4. The lowest BCUT2D eigenvalue weighted by Gasteiger charge is -2.09. The minimum Gasteiger partial charge on any atom is -0.280 e. The Labute approximate surface area is 131 Å². The van der Waals surface area contributed by atoms with Gasteiger partial charge < -0.3 is 0 Å². The molecule has 0 atom stereocenters. The van der Waals surface area contributed by atoms with Gasteiger partial charge in [-0.05, 0) is 46.1 Å². The number of sulfonamides is 1. The number of hydrogen-bond acceptors (Lipinski definition) is 3. The van der Waals surface area contributed by atoms with E-state index in [0.717, 1.165) is 12.0 Å². The molecule has 4 nitrogen and oxygen atoms in total. The van der Waals surface area contributed by atoms with E-state index in [4.69, 9.17) is 11.6 Å². The highest BCUT2D eigenvalue weighted by atomic mass is 79.9. The van der Waals surface area contributed by atoms with Gasteiger partial charge in [0, 0.05) is 16.4 Å². The second-order valence-corrected chi connectivity index (χ2v) is 7.02. The lowest BCUT2D eigenvalue weighted by molar-refractivity contribution is 0.601. The molecular formula is C13H12BrClN2O2S. The quantitative estimate of drug-likeness (QED) is 0.826. The maximum atomic E-state index is 12.3. The Kier molecular flexibility index (Phi) is 4.67. The largest absolute Gasteiger partial charge is 0.280 e. The van der Waals surface area contributed by atoms with Gasteiger partial charge in [0.2, 0.25) is 0 Å². The van der Waals surface area contributed by atoms with Gasteiger partial charge in [-0.1, -0.05) is 30.7 Å². The van der Waals surface area contributed by atoms with Gasteiger partial charge in [0.1, 0.15) is 10.0 Å². The van der Waals surface area contributed by atoms with Gasteiger partial charge in [0.05, 0.1) is 0 Å². The standard InChI is InChI=1S/C13H12BrClN2O2S/c1-2-9-3-5-11(6-4-9)17-20(18,19)12-7-10(14)8-16-13(12)15/h3-8,17H,2H2,1H3. The summed E-state index contributed by atoms with van der Waals surface area (Å²) in [5.41, 5.74) is 1.62. The molecule has 0 spiro atoms. The van der Waals surface area contributed by atoms with Crippen molar-refractivity contribution < 1.29 is 8.42 Å². The van der Waals surface area contributed by atoms with Crippen LogP contribution in [0.1, 0.15) is 12.5 Å². The summed E-state index contributed by atoms with van der Waals surface area (Å²) in [6, 6.07) is 8.60. The Morgan fingerprint density at radius 3 is 2.55 bits per heavy atom. The first-order valence-corrected chi connectivity index (χ1v) is 8.50. The molecule has 0 unspecified atom stereocenters. The van der Waals surface area contributed by atoms with Crippen LogP contribution >= 0.6 is 27.5 Å². The molecular weight excluding hydrogens is 364 g/mol. The molecule has 0 aliphatic heterocycles. The number of anilines is 1. The summed E-state index contributed by atoms with van der Waals surface area (Å²) < 4.78 is 27.6. The fraction of sp³-hybridized carbons (Fsp3) is 0.154. The molecule has 0 saturated heterocycles. The van der Waals surface area contributed by atoms with Crippen molar-refractivity contribution in [3.05, 3.63) is 51.7 Å². The molecule has 0 fully saturated rings. The molecule has 1 aromatic carbocycles. The summed E-state index contributed by atoms with van der Waals surface area (Å²) in [6.45, 7) is 2.03. The first-order chi connectivity index (χ1) is 9.42. The fourth-order valence-corrected chi connectivity index (χ4v) is 3.61. The van der Waals surface area contributed by atoms with E-state index >= 15 is 0 Å². The number of pyridine rings is 1. The molecule has 106 valence electrons. The SMILES string of the molecule is CCc1ccc(NS(=O)(=O)c2cc(Br)cnc2Cl)cc1. The van der Waals surface area contributed by atoms with Crippen LogP contribution in [0, 0.1) is 0 Å². The molecule has 7 heteroatoms. The van der Waals surface area contributed by atoms with Crippen molar-refractivity contribution >= 4 is 43.2 Å². The zero-order valence-corrected chi connectivity index (χ0v) is 13.8. The number of aryl methyl sites for hydroxylation is 1.